The zero-order valence-corrected chi connectivity index (χ0v) is 24.8. The number of hydrogen-bond donors (Lipinski definition) is 4. The number of aliphatic carboxylic acids is 1. The number of rotatable bonds is 14. The molecule has 16 heteroatoms. The summed E-state index contributed by atoms with van der Waals surface area (Å²) in [6.45, 7) is -1.54. The van der Waals surface area contributed by atoms with Gasteiger partial charge in [0.2, 0.25) is 0 Å². The second-order valence-corrected chi connectivity index (χ2v) is 10.2. The van der Waals surface area contributed by atoms with Gasteiger partial charge in [0.1, 0.15) is 18.1 Å². The molecule has 2 aromatic rings. The maximum atomic E-state index is 12.4. The molecule has 1 fully saturated rings. The summed E-state index contributed by atoms with van der Waals surface area (Å²) in [6.07, 6.45) is -5.58. The van der Waals surface area contributed by atoms with Crippen LogP contribution in [0.5, 0.6) is 11.5 Å². The number of carbonyl (C=O) groups is 3. The summed E-state index contributed by atoms with van der Waals surface area (Å²) in [5.41, 5.74) is 0.596. The van der Waals surface area contributed by atoms with Gasteiger partial charge in [-0.25, -0.2) is 4.79 Å². The highest BCUT2D eigenvalue weighted by Crippen LogP contribution is 2.28. The molecule has 2 amide bonds. The largest absolute Gasteiger partial charge is 0.484 e. The number of carbonyl (C=O) groups excluding carboxylic acids is 2. The molecule has 1 aliphatic rings. The quantitative estimate of drug-likeness (QED) is 0.151. The summed E-state index contributed by atoms with van der Waals surface area (Å²) < 4.78 is 88.3. The van der Waals surface area contributed by atoms with Crippen molar-refractivity contribution in [3.05, 3.63) is 59.7 Å². The summed E-state index contributed by atoms with van der Waals surface area (Å²) >= 11 is 0. The highest BCUT2D eigenvalue weighted by molar-refractivity contribution is 5.97. The minimum absolute atomic E-state index is 0.0157. The maximum Gasteiger partial charge on any atom is 0.422 e. The molecule has 256 valence electrons. The highest BCUT2D eigenvalue weighted by Gasteiger charge is 2.31. The lowest BCUT2D eigenvalue weighted by Crippen LogP contribution is -2.43. The van der Waals surface area contributed by atoms with Crippen LogP contribution in [0.2, 0.25) is 0 Å². The standard InChI is InChI=1S/C17H20F6N2O3.C13H17NO4/c18-16(19,20)9-27-12-4-5-14(28-10-17(21,22)23)13(7-12)15(26)25-8-11-3-1-2-6-24-11;15-12(16)8-4-5-9-14-13(17)18-10-11-6-2-1-3-7-11/h4-5,7,11,24H,1-3,6,8-10H2,(H,25,26);1-3,6-7H,4-5,8-10H2,(H,14,17)(H,15,16). The molecule has 0 aromatic heterocycles. The Kier molecular flexibility index (Phi) is 16.0. The average Bonchev–Trinajstić information content (AvgIpc) is 3.01. The number of unbranched alkanes of at least 4 members (excludes halogenated alkanes) is 1. The van der Waals surface area contributed by atoms with Gasteiger partial charge in [-0.05, 0) is 56.0 Å². The fourth-order valence-corrected chi connectivity index (χ4v) is 4.00. The number of halogens is 6. The zero-order valence-electron chi connectivity index (χ0n) is 24.8. The van der Waals surface area contributed by atoms with E-state index < -0.39 is 49.3 Å². The number of hydrogen-bond acceptors (Lipinski definition) is 7. The molecule has 1 unspecified atom stereocenters. The smallest absolute Gasteiger partial charge is 0.422 e. The first-order valence-corrected chi connectivity index (χ1v) is 14.4. The molecule has 0 aliphatic carbocycles. The van der Waals surface area contributed by atoms with Crippen molar-refractivity contribution in [1.29, 1.82) is 0 Å². The van der Waals surface area contributed by atoms with Crippen LogP contribution in [0, 0.1) is 0 Å². The van der Waals surface area contributed by atoms with Gasteiger partial charge in [-0.3, -0.25) is 9.59 Å². The third-order valence-corrected chi connectivity index (χ3v) is 6.21. The van der Waals surface area contributed by atoms with Crippen LogP contribution in [-0.2, 0) is 16.1 Å². The van der Waals surface area contributed by atoms with Gasteiger partial charge in [0.15, 0.2) is 13.2 Å². The first-order chi connectivity index (χ1) is 21.7. The topological polar surface area (TPSA) is 135 Å². The van der Waals surface area contributed by atoms with E-state index >= 15 is 0 Å². The summed E-state index contributed by atoms with van der Waals surface area (Å²) in [6, 6.07) is 12.3. The van der Waals surface area contributed by atoms with Crippen LogP contribution < -0.4 is 25.4 Å². The molecule has 46 heavy (non-hydrogen) atoms. The van der Waals surface area contributed by atoms with Crippen molar-refractivity contribution in [2.75, 3.05) is 32.8 Å². The van der Waals surface area contributed by atoms with E-state index in [0.717, 1.165) is 49.6 Å². The molecular weight excluding hydrogens is 628 g/mol. The van der Waals surface area contributed by atoms with Crippen molar-refractivity contribution in [3.8, 4) is 11.5 Å². The molecule has 10 nitrogen and oxygen atoms in total. The van der Waals surface area contributed by atoms with Crippen LogP contribution in [0.3, 0.4) is 0 Å². The fourth-order valence-electron chi connectivity index (χ4n) is 4.00. The Morgan fingerprint density at radius 3 is 2.22 bits per heavy atom. The lowest BCUT2D eigenvalue weighted by atomic mass is 10.0. The Morgan fingerprint density at radius 2 is 1.59 bits per heavy atom. The van der Waals surface area contributed by atoms with E-state index in [1.54, 1.807) is 0 Å². The molecule has 0 bridgehead atoms. The molecule has 1 aliphatic heterocycles. The Hall–Kier alpha value is -4.21. The Labute approximate surface area is 261 Å². The number of alkyl carbamates (subject to hydrolysis) is 1. The zero-order chi connectivity index (χ0) is 34.0. The number of carboxylic acid groups (broad SMARTS) is 1. The van der Waals surface area contributed by atoms with E-state index in [1.165, 1.54) is 0 Å². The predicted molar refractivity (Wildman–Crippen MR) is 154 cm³/mol. The van der Waals surface area contributed by atoms with E-state index in [9.17, 15) is 40.7 Å². The Morgan fingerprint density at radius 1 is 0.891 bits per heavy atom. The van der Waals surface area contributed by atoms with Crippen molar-refractivity contribution >= 4 is 18.0 Å². The molecule has 0 spiro atoms. The molecule has 1 heterocycles. The number of ether oxygens (including phenoxy) is 3. The molecule has 4 N–H and O–H groups in total. The van der Waals surface area contributed by atoms with Crippen LogP contribution >= 0.6 is 0 Å². The Balaban J connectivity index is 0.000000353. The average molecular weight is 666 g/mol. The van der Waals surface area contributed by atoms with E-state index in [1.807, 2.05) is 30.3 Å². The second-order valence-electron chi connectivity index (χ2n) is 10.2. The van der Waals surface area contributed by atoms with Gasteiger partial charge in [0.05, 0.1) is 5.56 Å². The minimum Gasteiger partial charge on any atom is -0.484 e. The van der Waals surface area contributed by atoms with Gasteiger partial charge in [-0.15, -0.1) is 0 Å². The van der Waals surface area contributed by atoms with Gasteiger partial charge < -0.3 is 35.3 Å². The van der Waals surface area contributed by atoms with Crippen molar-refractivity contribution in [1.82, 2.24) is 16.0 Å². The molecular formula is C30H37F6N3O7. The second kappa shape index (κ2) is 19.3. The van der Waals surface area contributed by atoms with Crippen molar-refractivity contribution in [3.63, 3.8) is 0 Å². The van der Waals surface area contributed by atoms with E-state index in [0.29, 0.717) is 19.4 Å². The van der Waals surface area contributed by atoms with Gasteiger partial charge in [-0.2, -0.15) is 26.3 Å². The molecule has 3 rings (SSSR count). The van der Waals surface area contributed by atoms with Gasteiger partial charge in [0.25, 0.3) is 5.91 Å². The van der Waals surface area contributed by atoms with Crippen molar-refractivity contribution < 1.29 is 60.0 Å². The SMILES string of the molecule is O=C(NCC1CCCCN1)c1cc(OCC(F)(F)F)ccc1OCC(F)(F)F.O=C(O)CCCCNC(=O)OCc1ccccc1. The van der Waals surface area contributed by atoms with Crippen molar-refractivity contribution in [2.45, 2.75) is 63.5 Å². The monoisotopic (exact) mass is 665 g/mol. The lowest BCUT2D eigenvalue weighted by molar-refractivity contribution is -0.154. The van der Waals surface area contributed by atoms with Gasteiger partial charge >= 0.3 is 24.4 Å². The van der Waals surface area contributed by atoms with Crippen LogP contribution in [-0.4, -0.2) is 74.3 Å². The number of carboxylic acids is 1. The summed E-state index contributed by atoms with van der Waals surface area (Å²) in [5.74, 6) is -2.29. The maximum absolute atomic E-state index is 12.4. The van der Waals surface area contributed by atoms with Crippen LogP contribution in [0.4, 0.5) is 31.1 Å². The van der Waals surface area contributed by atoms with E-state index in [4.69, 9.17) is 9.84 Å². The number of nitrogens with one attached hydrogen (secondary N) is 3. The molecule has 0 radical (unpaired) electrons. The van der Waals surface area contributed by atoms with Crippen LogP contribution in [0.25, 0.3) is 0 Å². The van der Waals surface area contributed by atoms with Gasteiger partial charge in [0, 0.05) is 25.6 Å². The number of piperidine rings is 1. The first-order valence-electron chi connectivity index (χ1n) is 14.4. The normalized spacial score (nSPS) is 14.7. The van der Waals surface area contributed by atoms with Crippen LogP contribution in [0.1, 0.15) is 54.4 Å². The number of benzene rings is 2. The summed E-state index contributed by atoms with van der Waals surface area (Å²) in [7, 11) is 0. The molecule has 1 saturated heterocycles. The predicted octanol–water partition coefficient (Wildman–Crippen LogP) is 5.61. The van der Waals surface area contributed by atoms with E-state index in [2.05, 4.69) is 25.4 Å². The minimum atomic E-state index is -4.63. The first kappa shape index (κ1) is 38.0. The third-order valence-electron chi connectivity index (χ3n) is 6.21. The number of alkyl halides is 6. The van der Waals surface area contributed by atoms with Gasteiger partial charge in [-0.1, -0.05) is 36.8 Å². The highest BCUT2D eigenvalue weighted by atomic mass is 19.4. The third kappa shape index (κ3) is 17.3. The Bertz CT molecular complexity index is 1220. The van der Waals surface area contributed by atoms with E-state index in [-0.39, 0.29) is 36.9 Å². The van der Waals surface area contributed by atoms with Crippen molar-refractivity contribution in [2.24, 2.45) is 0 Å². The molecule has 0 saturated carbocycles. The lowest BCUT2D eigenvalue weighted by Gasteiger charge is -2.24. The summed E-state index contributed by atoms with van der Waals surface area (Å²) in [5, 5.41) is 16.7. The fraction of sp³-hybridized carbons (Fsp3) is 0.500. The number of amides is 2. The molecule has 1 atom stereocenters. The van der Waals surface area contributed by atoms with Crippen LogP contribution in [0.15, 0.2) is 48.5 Å². The molecule has 2 aromatic carbocycles. The summed E-state index contributed by atoms with van der Waals surface area (Å²) in [4.78, 5) is 33.9.